The van der Waals surface area contributed by atoms with Crippen LogP contribution < -0.4 is 4.74 Å². The third-order valence-electron chi connectivity index (χ3n) is 6.01. The Bertz CT molecular complexity index is 625. The first kappa shape index (κ1) is 17.0. The third kappa shape index (κ3) is 2.45. The summed E-state index contributed by atoms with van der Waals surface area (Å²) in [6.45, 7) is 5.26. The number of hydrogen-bond acceptors (Lipinski definition) is 3. The highest BCUT2D eigenvalue weighted by atomic mass is 79.9. The van der Waals surface area contributed by atoms with Gasteiger partial charge < -0.3 is 9.47 Å². The molecule has 2 aliphatic rings. The summed E-state index contributed by atoms with van der Waals surface area (Å²) in [4.78, 5) is 12.8. The van der Waals surface area contributed by atoms with Crippen LogP contribution >= 0.6 is 15.9 Å². The fourth-order valence-corrected chi connectivity index (χ4v) is 6.52. The van der Waals surface area contributed by atoms with Crippen molar-refractivity contribution in [3.05, 3.63) is 29.3 Å². The van der Waals surface area contributed by atoms with Gasteiger partial charge in [-0.2, -0.15) is 0 Å². The van der Waals surface area contributed by atoms with Gasteiger partial charge in [0.2, 0.25) is 0 Å². The van der Waals surface area contributed by atoms with E-state index in [-0.39, 0.29) is 27.4 Å². The number of methoxy groups -OCH3 is 2. The monoisotopic (exact) mass is 380 g/mol. The highest BCUT2D eigenvalue weighted by Gasteiger charge is 2.57. The van der Waals surface area contributed by atoms with Crippen LogP contribution in [0.1, 0.15) is 49.0 Å². The average Bonchev–Trinajstić information content (AvgIpc) is 2.52. The van der Waals surface area contributed by atoms with Crippen molar-refractivity contribution in [3.8, 4) is 5.75 Å². The second kappa shape index (κ2) is 5.89. The van der Waals surface area contributed by atoms with Gasteiger partial charge in [0.25, 0.3) is 0 Å². The second-order valence-corrected chi connectivity index (χ2v) is 8.50. The number of carbonyl (C=O) groups excluding carboxylic acids is 1. The lowest BCUT2D eigenvalue weighted by molar-refractivity contribution is -0.0250. The Morgan fingerprint density at radius 2 is 2.00 bits per heavy atom. The summed E-state index contributed by atoms with van der Waals surface area (Å²) >= 11 is 3.75. The van der Waals surface area contributed by atoms with Crippen LogP contribution in [0.4, 0.5) is 0 Å². The molecule has 1 fully saturated rings. The molecular formula is C19H25BrO3. The zero-order valence-corrected chi connectivity index (χ0v) is 15.9. The Morgan fingerprint density at radius 1 is 1.26 bits per heavy atom. The van der Waals surface area contributed by atoms with Gasteiger partial charge in [-0.25, -0.2) is 0 Å². The maximum atomic E-state index is 13.0. The summed E-state index contributed by atoms with van der Waals surface area (Å²) in [7, 11) is 3.43. The smallest absolute Gasteiger partial charge is 0.177 e. The molecule has 1 saturated carbocycles. The summed E-state index contributed by atoms with van der Waals surface area (Å²) in [5, 5.41) is 0. The van der Waals surface area contributed by atoms with E-state index in [2.05, 4.69) is 35.8 Å². The Hall–Kier alpha value is -0.870. The minimum absolute atomic E-state index is 0.00760. The van der Waals surface area contributed by atoms with Crippen molar-refractivity contribution in [2.45, 2.75) is 43.4 Å². The van der Waals surface area contributed by atoms with Crippen LogP contribution in [-0.2, 0) is 10.2 Å². The number of carbonyl (C=O) groups is 1. The minimum Gasteiger partial charge on any atom is -0.497 e. The van der Waals surface area contributed by atoms with Crippen LogP contribution in [0.3, 0.4) is 0 Å². The van der Waals surface area contributed by atoms with Crippen molar-refractivity contribution < 1.29 is 14.3 Å². The maximum absolute atomic E-state index is 13.0. The van der Waals surface area contributed by atoms with Crippen LogP contribution in [0.5, 0.6) is 5.75 Å². The van der Waals surface area contributed by atoms with Gasteiger partial charge in [0.15, 0.2) is 5.78 Å². The fourth-order valence-electron chi connectivity index (χ4n) is 5.05. The molecule has 0 N–H and O–H groups in total. The first-order valence-corrected chi connectivity index (χ1v) is 9.15. The van der Waals surface area contributed by atoms with E-state index in [1.807, 2.05) is 12.1 Å². The molecule has 126 valence electrons. The molecule has 3 rings (SSSR count). The van der Waals surface area contributed by atoms with E-state index in [4.69, 9.17) is 9.47 Å². The van der Waals surface area contributed by atoms with Crippen LogP contribution in [0.15, 0.2) is 18.2 Å². The lowest BCUT2D eigenvalue weighted by Crippen LogP contribution is -2.57. The zero-order chi connectivity index (χ0) is 16.8. The first-order chi connectivity index (χ1) is 10.9. The van der Waals surface area contributed by atoms with Gasteiger partial charge in [0.05, 0.1) is 18.5 Å². The number of ketones is 1. The van der Waals surface area contributed by atoms with E-state index >= 15 is 0 Å². The summed E-state index contributed by atoms with van der Waals surface area (Å²) in [5.41, 5.74) is 1.93. The van der Waals surface area contributed by atoms with Crippen molar-refractivity contribution in [2.75, 3.05) is 20.8 Å². The molecule has 1 aromatic carbocycles. The number of ether oxygens (including phenoxy) is 2. The molecule has 0 radical (unpaired) electrons. The largest absolute Gasteiger partial charge is 0.497 e. The summed E-state index contributed by atoms with van der Waals surface area (Å²) in [6, 6.07) is 5.88. The van der Waals surface area contributed by atoms with E-state index in [1.165, 1.54) is 0 Å². The van der Waals surface area contributed by atoms with E-state index in [1.54, 1.807) is 14.2 Å². The zero-order valence-electron chi connectivity index (χ0n) is 14.3. The molecule has 0 aromatic heterocycles. The Kier molecular flexibility index (Phi) is 4.35. The van der Waals surface area contributed by atoms with Crippen molar-refractivity contribution in [1.29, 1.82) is 0 Å². The van der Waals surface area contributed by atoms with Crippen molar-refractivity contribution in [3.63, 3.8) is 0 Å². The molecule has 0 bridgehead atoms. The third-order valence-corrected chi connectivity index (χ3v) is 6.95. The normalized spacial score (nSPS) is 36.3. The molecule has 0 spiro atoms. The highest BCUT2D eigenvalue weighted by molar-refractivity contribution is 9.10. The fraction of sp³-hybridized carbons (Fsp3) is 0.632. The molecular weight excluding hydrogens is 356 g/mol. The topological polar surface area (TPSA) is 35.5 Å². The lowest BCUT2D eigenvalue weighted by atomic mass is 9.49. The molecule has 2 aliphatic carbocycles. The molecule has 0 amide bonds. The van der Waals surface area contributed by atoms with Gasteiger partial charge in [-0.05, 0) is 53.4 Å². The molecule has 4 heteroatoms. The van der Waals surface area contributed by atoms with Gasteiger partial charge in [0.1, 0.15) is 5.75 Å². The lowest BCUT2D eigenvalue weighted by Gasteiger charge is -2.56. The Balaban J connectivity index is 2.19. The minimum atomic E-state index is -0.158. The van der Waals surface area contributed by atoms with E-state index in [0.29, 0.717) is 6.61 Å². The van der Waals surface area contributed by atoms with Crippen molar-refractivity contribution in [2.24, 2.45) is 11.3 Å². The van der Waals surface area contributed by atoms with Crippen LogP contribution in [-0.4, -0.2) is 31.4 Å². The predicted octanol–water partition coefficient (Wildman–Crippen LogP) is 4.37. The molecule has 0 saturated heterocycles. The molecule has 2 unspecified atom stereocenters. The molecule has 23 heavy (non-hydrogen) atoms. The summed E-state index contributed by atoms with van der Waals surface area (Å²) in [6.07, 6.45) is 3.33. The van der Waals surface area contributed by atoms with E-state index in [9.17, 15) is 4.79 Å². The van der Waals surface area contributed by atoms with Gasteiger partial charge >= 0.3 is 0 Å². The van der Waals surface area contributed by atoms with Gasteiger partial charge in [0, 0.05) is 12.7 Å². The number of benzene rings is 1. The number of rotatable bonds is 3. The highest BCUT2D eigenvalue weighted by Crippen LogP contribution is 2.59. The second-order valence-electron chi connectivity index (χ2n) is 7.51. The van der Waals surface area contributed by atoms with Gasteiger partial charge in [-0.3, -0.25) is 4.79 Å². The Morgan fingerprint density at radius 3 is 2.65 bits per heavy atom. The SMILES string of the molecule is COC[C@@]1(C)CCCC2(C)c3cc(OC)ccc3C(=O)[C@H](Br)C21. The maximum Gasteiger partial charge on any atom is 0.177 e. The predicted molar refractivity (Wildman–Crippen MR) is 94.7 cm³/mol. The van der Waals surface area contributed by atoms with Crippen LogP contribution in [0.2, 0.25) is 0 Å². The molecule has 0 aliphatic heterocycles. The van der Waals surface area contributed by atoms with Crippen LogP contribution in [0, 0.1) is 11.3 Å². The average molecular weight is 381 g/mol. The van der Waals surface area contributed by atoms with Gasteiger partial charge in [-0.15, -0.1) is 0 Å². The standard InChI is InChI=1S/C19H25BrO3/c1-18(11-22-3)8-5-9-19(2)14-10-12(23-4)6-7-13(14)16(21)15(20)17(18)19/h6-7,10,15,17H,5,8-9,11H2,1-4H3/t15-,17?,18+,19?/m0/s1. The van der Waals surface area contributed by atoms with E-state index in [0.717, 1.165) is 36.1 Å². The number of fused-ring (bicyclic) bond motifs is 3. The van der Waals surface area contributed by atoms with E-state index < -0.39 is 0 Å². The quantitative estimate of drug-likeness (QED) is 0.730. The molecule has 0 heterocycles. The number of alkyl halides is 1. The van der Waals surface area contributed by atoms with Crippen LogP contribution in [0.25, 0.3) is 0 Å². The van der Waals surface area contributed by atoms with Crippen molar-refractivity contribution in [1.82, 2.24) is 0 Å². The molecule has 1 aromatic rings. The Labute approximate surface area is 146 Å². The summed E-state index contributed by atoms with van der Waals surface area (Å²) < 4.78 is 11.0. The van der Waals surface area contributed by atoms with Crippen molar-refractivity contribution >= 4 is 21.7 Å². The first-order valence-electron chi connectivity index (χ1n) is 8.23. The number of hydrogen-bond donors (Lipinski definition) is 0. The number of Topliss-reactive ketones (excluding diaryl/α,β-unsaturated/α-hetero) is 1. The van der Waals surface area contributed by atoms with Gasteiger partial charge in [-0.1, -0.05) is 36.2 Å². The number of halogens is 1. The molecule has 4 atom stereocenters. The summed E-state index contributed by atoms with van der Waals surface area (Å²) in [5.74, 6) is 1.23. The molecule has 3 nitrogen and oxygen atoms in total.